The molecule has 3 heterocycles. The fraction of sp³-hybridized carbons (Fsp3) is 0.520. The Morgan fingerprint density at radius 2 is 1.98 bits per heavy atom. The number of nitrogens with one attached hydrogen (secondary N) is 1. The molecule has 0 bridgehead atoms. The number of fused-ring (bicyclic) bond motifs is 1. The van der Waals surface area contributed by atoms with Gasteiger partial charge >= 0.3 is 14.1 Å². The number of ether oxygens (including phenoxy) is 3. The normalized spacial score (nSPS) is 23.3. The first-order valence-corrected chi connectivity index (χ1v) is 14.4. The molecular weight excluding hydrogens is 596 g/mol. The van der Waals surface area contributed by atoms with Gasteiger partial charge in [0, 0.05) is 18.9 Å². The quantitative estimate of drug-likeness (QED) is 0.138. The van der Waals surface area contributed by atoms with E-state index in [1.54, 1.807) is 32.8 Å². The summed E-state index contributed by atoms with van der Waals surface area (Å²) in [4.78, 5) is 42.0. The van der Waals surface area contributed by atoms with Gasteiger partial charge in [0.05, 0.1) is 12.4 Å². The predicted octanol–water partition coefficient (Wildman–Crippen LogP) is 2.69. The van der Waals surface area contributed by atoms with Crippen molar-refractivity contribution in [2.75, 3.05) is 25.6 Å². The van der Waals surface area contributed by atoms with Crippen LogP contribution in [0.4, 0.5) is 10.2 Å². The van der Waals surface area contributed by atoms with Gasteiger partial charge in [0.15, 0.2) is 35.1 Å². The largest absolute Gasteiger partial charge is 0.574 e. The number of carbonyl (C=O) groups excluding carboxylic acids is 1. The SMILES string of the molecule is CC(C)OC(=O)[C@H](C)N/N=[P+](\[O-])Oc1ccc(OC[C@@]2(C)O[C@@H](n3cnc4c(N(C)C)nc(Cl)nc43)[C@H](F)[C@@H]2O)cc1. The molecule has 0 amide bonds. The molecule has 1 fully saturated rings. The molecule has 2 aromatic heterocycles. The van der Waals surface area contributed by atoms with E-state index in [-0.39, 0.29) is 29.4 Å². The van der Waals surface area contributed by atoms with E-state index < -0.39 is 44.3 Å². The Balaban J connectivity index is 1.38. The molecule has 228 valence electrons. The Morgan fingerprint density at radius 1 is 1.31 bits per heavy atom. The summed E-state index contributed by atoms with van der Waals surface area (Å²) in [5.41, 5.74) is 1.66. The van der Waals surface area contributed by atoms with Gasteiger partial charge in [-0.1, -0.05) is 0 Å². The summed E-state index contributed by atoms with van der Waals surface area (Å²) in [7, 11) is 0.998. The highest BCUT2D eigenvalue weighted by Crippen LogP contribution is 2.41. The molecule has 14 nitrogen and oxygen atoms in total. The topological polar surface area (TPSA) is 169 Å². The third-order valence-electron chi connectivity index (χ3n) is 6.23. The van der Waals surface area contributed by atoms with Crippen LogP contribution in [0.2, 0.25) is 5.28 Å². The van der Waals surface area contributed by atoms with Crippen molar-refractivity contribution < 1.29 is 37.9 Å². The summed E-state index contributed by atoms with van der Waals surface area (Å²) in [6.45, 7) is 6.28. The number of aliphatic hydroxyl groups excluding tert-OH is 1. The number of halogens is 2. The molecule has 1 aromatic carbocycles. The first-order chi connectivity index (χ1) is 19.8. The van der Waals surface area contributed by atoms with Gasteiger partial charge in [0.25, 0.3) is 0 Å². The van der Waals surface area contributed by atoms with Crippen LogP contribution in [-0.2, 0) is 14.3 Å². The Morgan fingerprint density at radius 3 is 2.62 bits per heavy atom. The van der Waals surface area contributed by atoms with E-state index in [2.05, 4.69) is 25.2 Å². The molecular formula is C25H32ClFN7O7P. The van der Waals surface area contributed by atoms with Crippen molar-refractivity contribution >= 4 is 42.7 Å². The number of aromatic nitrogens is 4. The third kappa shape index (κ3) is 7.05. The van der Waals surface area contributed by atoms with Gasteiger partial charge in [-0.05, 0) is 63.6 Å². The lowest BCUT2D eigenvalue weighted by Gasteiger charge is -2.27. The molecule has 1 saturated heterocycles. The molecule has 3 aromatic rings. The summed E-state index contributed by atoms with van der Waals surface area (Å²) < 4.78 is 38.8. The summed E-state index contributed by atoms with van der Waals surface area (Å²) >= 11 is 6.09. The van der Waals surface area contributed by atoms with Crippen LogP contribution in [0.3, 0.4) is 0 Å². The van der Waals surface area contributed by atoms with Gasteiger partial charge in [-0.25, -0.2) is 9.37 Å². The smallest absolute Gasteiger partial charge is 0.412 e. The van der Waals surface area contributed by atoms with E-state index in [0.29, 0.717) is 17.1 Å². The minimum atomic E-state index is -2.53. The number of nitrogens with zero attached hydrogens (tertiary/aromatic N) is 6. The van der Waals surface area contributed by atoms with Gasteiger partial charge in [-0.3, -0.25) is 13.9 Å². The van der Waals surface area contributed by atoms with E-state index in [1.165, 1.54) is 49.0 Å². The van der Waals surface area contributed by atoms with E-state index in [9.17, 15) is 14.8 Å². The van der Waals surface area contributed by atoms with Crippen molar-refractivity contribution in [1.29, 1.82) is 0 Å². The van der Waals surface area contributed by atoms with Crippen molar-refractivity contribution in [2.24, 2.45) is 4.85 Å². The highest BCUT2D eigenvalue weighted by Gasteiger charge is 2.54. The summed E-state index contributed by atoms with van der Waals surface area (Å²) in [6.07, 6.45) is -3.54. The van der Waals surface area contributed by atoms with Gasteiger partial charge in [0.1, 0.15) is 30.1 Å². The molecule has 1 aliphatic rings. The van der Waals surface area contributed by atoms with Crippen LogP contribution in [0.15, 0.2) is 35.4 Å². The minimum absolute atomic E-state index is 0.0456. The number of imidazole rings is 1. The second-order valence-electron chi connectivity index (χ2n) is 10.3. The van der Waals surface area contributed by atoms with Crippen LogP contribution in [0, 0.1) is 0 Å². The molecule has 42 heavy (non-hydrogen) atoms. The van der Waals surface area contributed by atoms with Crippen LogP contribution in [0.5, 0.6) is 11.5 Å². The zero-order chi connectivity index (χ0) is 30.8. The zero-order valence-electron chi connectivity index (χ0n) is 23.8. The van der Waals surface area contributed by atoms with Gasteiger partial charge in [0.2, 0.25) is 5.28 Å². The molecule has 6 atom stereocenters. The van der Waals surface area contributed by atoms with Crippen LogP contribution in [-0.4, -0.2) is 81.3 Å². The molecule has 0 aliphatic carbocycles. The molecule has 1 aliphatic heterocycles. The maximum absolute atomic E-state index is 15.4. The monoisotopic (exact) mass is 627 g/mol. The maximum Gasteiger partial charge on any atom is 0.412 e. The molecule has 2 N–H and O–H groups in total. The Labute approximate surface area is 247 Å². The van der Waals surface area contributed by atoms with Crippen LogP contribution in [0.1, 0.15) is 33.9 Å². The minimum Gasteiger partial charge on any atom is -0.574 e. The number of esters is 1. The van der Waals surface area contributed by atoms with E-state index in [4.69, 9.17) is 30.3 Å². The summed E-state index contributed by atoms with van der Waals surface area (Å²) in [5, 5.41) is 10.7. The number of benzene rings is 1. The summed E-state index contributed by atoms with van der Waals surface area (Å²) in [5.74, 6) is 0.496. The van der Waals surface area contributed by atoms with E-state index in [0.717, 1.165) is 0 Å². The lowest BCUT2D eigenvalue weighted by Crippen LogP contribution is -2.44. The van der Waals surface area contributed by atoms with Crippen molar-refractivity contribution in [1.82, 2.24) is 24.9 Å². The van der Waals surface area contributed by atoms with Gasteiger partial charge in [-0.2, -0.15) is 15.4 Å². The molecule has 1 unspecified atom stereocenters. The second-order valence-corrected chi connectivity index (χ2v) is 11.5. The van der Waals surface area contributed by atoms with Crippen LogP contribution < -0.4 is 24.5 Å². The van der Waals surface area contributed by atoms with Crippen molar-refractivity contribution in [3.63, 3.8) is 0 Å². The predicted molar refractivity (Wildman–Crippen MR) is 150 cm³/mol. The fourth-order valence-corrected chi connectivity index (χ4v) is 4.83. The first kappa shape index (κ1) is 31.7. The first-order valence-electron chi connectivity index (χ1n) is 12.9. The number of anilines is 1. The molecule has 4 rings (SSSR count). The number of alkyl halides is 1. The average Bonchev–Trinajstić information content (AvgIpc) is 3.44. The van der Waals surface area contributed by atoms with Gasteiger partial charge < -0.3 is 29.1 Å². The molecule has 17 heteroatoms. The maximum atomic E-state index is 15.4. The second kappa shape index (κ2) is 13.0. The fourth-order valence-electron chi connectivity index (χ4n) is 4.06. The van der Waals surface area contributed by atoms with Crippen LogP contribution in [0.25, 0.3) is 11.2 Å². The van der Waals surface area contributed by atoms with E-state index >= 15 is 4.39 Å². The Hall–Kier alpha value is -3.20. The molecule has 0 spiro atoms. The van der Waals surface area contributed by atoms with Crippen molar-refractivity contribution in [3.05, 3.63) is 35.9 Å². The lowest BCUT2D eigenvalue weighted by molar-refractivity contribution is -0.169. The van der Waals surface area contributed by atoms with Crippen LogP contribution >= 0.6 is 19.8 Å². The van der Waals surface area contributed by atoms with Gasteiger partial charge in [-0.15, -0.1) is 0 Å². The average molecular weight is 628 g/mol. The lowest BCUT2D eigenvalue weighted by atomic mass is 9.99. The molecule has 0 radical (unpaired) electrons. The highest BCUT2D eigenvalue weighted by atomic mass is 35.5. The Bertz CT molecular complexity index is 1440. The Kier molecular flexibility index (Phi) is 9.81. The van der Waals surface area contributed by atoms with E-state index in [1.807, 2.05) is 0 Å². The number of carbonyl (C=O) groups is 1. The standard InChI is InChI=1S/C25H32ClFN7O7P/c1-13(2)39-23(36)14(3)31-32-42(37)41-16-9-7-15(8-10-16)38-11-25(4)19(35)17(27)22(40-25)34-12-28-18-20(33(5)6)29-24(26)30-21(18)34/h7-10,12-14,17,19,22,31,35H,11H2,1-6H3/t14-,17+,19-,22+,25+/m0/s1. The molecule has 0 saturated carbocycles. The highest BCUT2D eigenvalue weighted by molar-refractivity contribution is 7.33. The number of hydrogen-bond acceptors (Lipinski definition) is 12. The number of hydrogen-bond donors (Lipinski definition) is 2. The number of rotatable bonds is 11. The van der Waals surface area contributed by atoms with Crippen molar-refractivity contribution in [3.8, 4) is 11.5 Å². The zero-order valence-corrected chi connectivity index (χ0v) is 25.4. The number of aliphatic hydroxyl groups is 1. The third-order valence-corrected chi connectivity index (χ3v) is 7.05. The van der Waals surface area contributed by atoms with Crippen molar-refractivity contribution in [2.45, 2.75) is 63.9 Å². The summed E-state index contributed by atoms with van der Waals surface area (Å²) in [6, 6.07) is 5.25.